The van der Waals surface area contributed by atoms with Crippen molar-refractivity contribution in [1.29, 1.82) is 0 Å². The fourth-order valence-corrected chi connectivity index (χ4v) is 2.89. The van der Waals surface area contributed by atoms with Gasteiger partial charge >= 0.3 is 0 Å². The van der Waals surface area contributed by atoms with Crippen LogP contribution in [-0.2, 0) is 20.0 Å². The van der Waals surface area contributed by atoms with Crippen molar-refractivity contribution in [2.24, 2.45) is 12.0 Å². The Bertz CT molecular complexity index is 726. The van der Waals surface area contributed by atoms with Crippen LogP contribution in [0.5, 0.6) is 0 Å². The van der Waals surface area contributed by atoms with Gasteiger partial charge in [-0.2, -0.15) is 5.10 Å². The zero-order valence-corrected chi connectivity index (χ0v) is 18.5. The molecular formula is C19H29FIN5. The SMILES string of the molecule is CN=C(NCCc1cccc(F)c1)N(C)Cc1cn(C)nc1C(C)C.I. The molecule has 2 rings (SSSR count). The molecule has 1 aromatic carbocycles. The maximum Gasteiger partial charge on any atom is 0.193 e. The first-order chi connectivity index (χ1) is 11.9. The summed E-state index contributed by atoms with van der Waals surface area (Å²) < 4.78 is 15.1. The van der Waals surface area contributed by atoms with Crippen LogP contribution in [0.3, 0.4) is 0 Å². The molecule has 26 heavy (non-hydrogen) atoms. The average molecular weight is 473 g/mol. The third-order valence-corrected chi connectivity index (χ3v) is 4.05. The molecular weight excluding hydrogens is 444 g/mol. The molecule has 144 valence electrons. The van der Waals surface area contributed by atoms with Crippen LogP contribution in [0, 0.1) is 5.82 Å². The van der Waals surface area contributed by atoms with Crippen LogP contribution in [0.1, 0.15) is 36.6 Å². The van der Waals surface area contributed by atoms with E-state index in [1.807, 2.05) is 24.8 Å². The summed E-state index contributed by atoms with van der Waals surface area (Å²) in [6, 6.07) is 6.70. The van der Waals surface area contributed by atoms with Gasteiger partial charge in [-0.1, -0.05) is 26.0 Å². The van der Waals surface area contributed by atoms with Gasteiger partial charge in [-0.05, 0) is 30.0 Å². The van der Waals surface area contributed by atoms with Crippen molar-refractivity contribution in [2.75, 3.05) is 20.6 Å². The molecule has 0 unspecified atom stereocenters. The Labute approximate surface area is 172 Å². The van der Waals surface area contributed by atoms with Crippen molar-refractivity contribution >= 4 is 29.9 Å². The summed E-state index contributed by atoms with van der Waals surface area (Å²) in [5.74, 6) is 0.999. The van der Waals surface area contributed by atoms with Gasteiger partial charge in [0.15, 0.2) is 5.96 Å². The van der Waals surface area contributed by atoms with E-state index in [1.165, 1.54) is 11.6 Å². The summed E-state index contributed by atoms with van der Waals surface area (Å²) in [7, 11) is 5.73. The maximum atomic E-state index is 13.2. The molecule has 0 radical (unpaired) electrons. The second kappa shape index (κ2) is 10.5. The van der Waals surface area contributed by atoms with E-state index in [4.69, 9.17) is 0 Å². The van der Waals surface area contributed by atoms with Gasteiger partial charge in [0.1, 0.15) is 5.82 Å². The smallest absolute Gasteiger partial charge is 0.193 e. The summed E-state index contributed by atoms with van der Waals surface area (Å²) >= 11 is 0. The second-order valence-electron chi connectivity index (χ2n) is 6.58. The Kier molecular flexibility index (Phi) is 9.04. The zero-order valence-electron chi connectivity index (χ0n) is 16.2. The summed E-state index contributed by atoms with van der Waals surface area (Å²) in [5.41, 5.74) is 3.29. The Hall–Kier alpha value is -1.64. The third-order valence-electron chi connectivity index (χ3n) is 4.05. The first kappa shape index (κ1) is 22.4. The topological polar surface area (TPSA) is 45.5 Å². The second-order valence-corrected chi connectivity index (χ2v) is 6.58. The lowest BCUT2D eigenvalue weighted by Crippen LogP contribution is -2.39. The third kappa shape index (κ3) is 6.26. The molecule has 0 saturated heterocycles. The highest BCUT2D eigenvalue weighted by atomic mass is 127. The largest absolute Gasteiger partial charge is 0.356 e. The van der Waals surface area contributed by atoms with Crippen LogP contribution in [-0.4, -0.2) is 41.3 Å². The molecule has 0 aliphatic rings. The molecule has 0 aliphatic carbocycles. The van der Waals surface area contributed by atoms with Crippen LogP contribution >= 0.6 is 24.0 Å². The minimum Gasteiger partial charge on any atom is -0.356 e. The molecule has 0 atom stereocenters. The van der Waals surface area contributed by atoms with Gasteiger partial charge < -0.3 is 10.2 Å². The predicted octanol–water partition coefficient (Wildman–Crippen LogP) is 3.55. The Morgan fingerprint density at radius 2 is 2.12 bits per heavy atom. The van der Waals surface area contributed by atoms with Crippen LogP contribution in [0.4, 0.5) is 4.39 Å². The number of halogens is 2. The molecule has 1 N–H and O–H groups in total. The van der Waals surface area contributed by atoms with E-state index in [9.17, 15) is 4.39 Å². The summed E-state index contributed by atoms with van der Waals surface area (Å²) in [6.07, 6.45) is 2.81. The van der Waals surface area contributed by atoms with Crippen molar-refractivity contribution in [2.45, 2.75) is 32.7 Å². The molecule has 0 amide bonds. The Morgan fingerprint density at radius 1 is 1.38 bits per heavy atom. The summed E-state index contributed by atoms with van der Waals surface area (Å²) in [5, 5.41) is 7.89. The number of hydrogen-bond donors (Lipinski definition) is 1. The van der Waals surface area contributed by atoms with Crippen LogP contribution in [0.2, 0.25) is 0 Å². The van der Waals surface area contributed by atoms with E-state index in [0.29, 0.717) is 12.5 Å². The lowest BCUT2D eigenvalue weighted by molar-refractivity contribution is 0.474. The summed E-state index contributed by atoms with van der Waals surface area (Å²) in [4.78, 5) is 6.42. The normalized spacial score (nSPS) is 11.4. The number of nitrogens with one attached hydrogen (secondary N) is 1. The summed E-state index contributed by atoms with van der Waals surface area (Å²) in [6.45, 7) is 5.74. The first-order valence-electron chi connectivity index (χ1n) is 8.59. The van der Waals surface area contributed by atoms with Crippen molar-refractivity contribution in [3.63, 3.8) is 0 Å². The van der Waals surface area contributed by atoms with E-state index >= 15 is 0 Å². The highest BCUT2D eigenvalue weighted by Gasteiger charge is 2.15. The van der Waals surface area contributed by atoms with Crippen molar-refractivity contribution < 1.29 is 4.39 Å². The quantitative estimate of drug-likeness (QED) is 0.397. The van der Waals surface area contributed by atoms with Crippen LogP contribution in [0.15, 0.2) is 35.5 Å². The van der Waals surface area contributed by atoms with E-state index in [-0.39, 0.29) is 29.8 Å². The van der Waals surface area contributed by atoms with Crippen LogP contribution < -0.4 is 5.32 Å². The maximum absolute atomic E-state index is 13.2. The zero-order chi connectivity index (χ0) is 18.4. The fourth-order valence-electron chi connectivity index (χ4n) is 2.89. The Balaban J connectivity index is 0.00000338. The number of aryl methyl sites for hydroxylation is 1. The monoisotopic (exact) mass is 473 g/mol. The van der Waals surface area contributed by atoms with Gasteiger partial charge in [0.25, 0.3) is 0 Å². The molecule has 5 nitrogen and oxygen atoms in total. The molecule has 1 aromatic heterocycles. The molecule has 0 aliphatic heterocycles. The number of benzene rings is 1. The predicted molar refractivity (Wildman–Crippen MR) is 116 cm³/mol. The highest BCUT2D eigenvalue weighted by Crippen LogP contribution is 2.18. The fraction of sp³-hybridized carbons (Fsp3) is 0.474. The molecule has 0 fully saturated rings. The van der Waals surface area contributed by atoms with Crippen LogP contribution in [0.25, 0.3) is 0 Å². The molecule has 0 spiro atoms. The van der Waals surface area contributed by atoms with E-state index < -0.39 is 0 Å². The van der Waals surface area contributed by atoms with E-state index in [2.05, 4.69) is 40.4 Å². The van der Waals surface area contributed by atoms with E-state index in [1.54, 1.807) is 19.2 Å². The highest BCUT2D eigenvalue weighted by molar-refractivity contribution is 14.0. The first-order valence-corrected chi connectivity index (χ1v) is 8.59. The Morgan fingerprint density at radius 3 is 2.73 bits per heavy atom. The van der Waals surface area contributed by atoms with Gasteiger partial charge in [0, 0.05) is 46.0 Å². The van der Waals surface area contributed by atoms with Crippen molar-refractivity contribution in [3.8, 4) is 0 Å². The molecule has 7 heteroatoms. The molecule has 0 bridgehead atoms. The lowest BCUT2D eigenvalue weighted by Gasteiger charge is -2.22. The number of aliphatic imine (C=N–C) groups is 1. The van der Waals surface area contributed by atoms with Gasteiger partial charge in [-0.3, -0.25) is 9.67 Å². The average Bonchev–Trinajstić information content (AvgIpc) is 2.92. The molecule has 1 heterocycles. The number of hydrogen-bond acceptors (Lipinski definition) is 2. The molecule has 2 aromatic rings. The van der Waals surface area contributed by atoms with Gasteiger partial charge in [-0.25, -0.2) is 4.39 Å². The minimum absolute atomic E-state index is 0. The lowest BCUT2D eigenvalue weighted by atomic mass is 10.1. The van der Waals surface area contributed by atoms with Crippen molar-refractivity contribution in [1.82, 2.24) is 20.0 Å². The number of aromatic nitrogens is 2. The number of nitrogens with zero attached hydrogens (tertiary/aromatic N) is 4. The van der Waals surface area contributed by atoms with Crippen molar-refractivity contribution in [3.05, 3.63) is 53.1 Å². The standard InChI is InChI=1S/C19H28FN5.HI/c1-14(2)18-16(13-25(5)23-18)12-24(4)19(21-3)22-10-9-15-7-6-8-17(20)11-15;/h6-8,11,13-14H,9-10,12H2,1-5H3,(H,21,22);1H. The number of guanidine groups is 1. The van der Waals surface area contributed by atoms with Gasteiger partial charge in [-0.15, -0.1) is 24.0 Å². The van der Waals surface area contributed by atoms with E-state index in [0.717, 1.165) is 30.2 Å². The van der Waals surface area contributed by atoms with Gasteiger partial charge in [0.05, 0.1) is 5.69 Å². The van der Waals surface area contributed by atoms with Gasteiger partial charge in [0.2, 0.25) is 0 Å². The minimum atomic E-state index is -0.197. The molecule has 0 saturated carbocycles. The number of rotatable bonds is 6.